The first kappa shape index (κ1) is 8.05. The van der Waals surface area contributed by atoms with E-state index in [1.807, 2.05) is 0 Å². The van der Waals surface area contributed by atoms with Crippen LogP contribution in [0.4, 0.5) is 0 Å². The zero-order valence-electron chi connectivity index (χ0n) is 7.43. The minimum absolute atomic E-state index is 0.0281. The molecule has 1 N–H and O–H groups in total. The van der Waals surface area contributed by atoms with Crippen molar-refractivity contribution in [1.29, 1.82) is 0 Å². The van der Waals surface area contributed by atoms with Crippen LogP contribution in [0, 0.1) is 11.3 Å². The van der Waals surface area contributed by atoms with Crippen molar-refractivity contribution < 1.29 is 9.53 Å². The van der Waals surface area contributed by atoms with Gasteiger partial charge in [0.2, 0.25) is 0 Å². The maximum Gasteiger partial charge on any atom is 0.310 e. The lowest BCUT2D eigenvalue weighted by molar-refractivity contribution is -0.150. The number of methoxy groups -OCH3 is 1. The molecular weight excluding hydrogens is 154 g/mol. The van der Waals surface area contributed by atoms with E-state index < -0.39 is 0 Å². The summed E-state index contributed by atoms with van der Waals surface area (Å²) in [5.41, 5.74) is 0.271. The Labute approximate surface area is 72.5 Å². The Kier molecular flexibility index (Phi) is 1.83. The Morgan fingerprint density at radius 1 is 1.58 bits per heavy atom. The van der Waals surface area contributed by atoms with Gasteiger partial charge in [0.05, 0.1) is 13.0 Å². The van der Waals surface area contributed by atoms with E-state index in [4.69, 9.17) is 4.74 Å². The molecule has 0 radical (unpaired) electrons. The Balaban J connectivity index is 2.09. The van der Waals surface area contributed by atoms with Crippen LogP contribution in [0.2, 0.25) is 0 Å². The van der Waals surface area contributed by atoms with Crippen LogP contribution in [0.3, 0.4) is 0 Å². The molecule has 0 aromatic heterocycles. The SMILES string of the molecule is COC(=O)[C@@H]1CNCC12CCC2. The van der Waals surface area contributed by atoms with Crippen molar-refractivity contribution in [2.24, 2.45) is 11.3 Å². The van der Waals surface area contributed by atoms with E-state index in [1.54, 1.807) is 0 Å². The molecule has 1 saturated heterocycles. The van der Waals surface area contributed by atoms with Crippen molar-refractivity contribution in [2.75, 3.05) is 20.2 Å². The van der Waals surface area contributed by atoms with E-state index in [2.05, 4.69) is 5.32 Å². The van der Waals surface area contributed by atoms with E-state index in [1.165, 1.54) is 26.4 Å². The van der Waals surface area contributed by atoms with Crippen molar-refractivity contribution in [3.8, 4) is 0 Å². The van der Waals surface area contributed by atoms with Crippen LogP contribution >= 0.6 is 0 Å². The fraction of sp³-hybridized carbons (Fsp3) is 0.889. The van der Waals surface area contributed by atoms with Crippen molar-refractivity contribution in [3.63, 3.8) is 0 Å². The molecule has 1 saturated carbocycles. The maximum atomic E-state index is 11.4. The largest absolute Gasteiger partial charge is 0.469 e. The number of carbonyl (C=O) groups excluding carboxylic acids is 1. The topological polar surface area (TPSA) is 38.3 Å². The molecule has 0 aromatic rings. The minimum Gasteiger partial charge on any atom is -0.469 e. The average Bonchev–Trinajstić information content (AvgIpc) is 2.45. The van der Waals surface area contributed by atoms with Gasteiger partial charge in [-0.2, -0.15) is 0 Å². The average molecular weight is 169 g/mol. The third kappa shape index (κ3) is 0.959. The normalized spacial score (nSPS) is 31.6. The van der Waals surface area contributed by atoms with E-state index in [9.17, 15) is 4.79 Å². The van der Waals surface area contributed by atoms with Gasteiger partial charge < -0.3 is 10.1 Å². The molecule has 0 aromatic carbocycles. The van der Waals surface area contributed by atoms with Crippen LogP contribution in [0.5, 0.6) is 0 Å². The van der Waals surface area contributed by atoms with Crippen LogP contribution in [0.1, 0.15) is 19.3 Å². The molecule has 2 fully saturated rings. The highest BCUT2D eigenvalue weighted by atomic mass is 16.5. The number of rotatable bonds is 1. The van der Waals surface area contributed by atoms with Crippen LogP contribution in [-0.4, -0.2) is 26.2 Å². The number of nitrogens with one attached hydrogen (secondary N) is 1. The predicted octanol–water partition coefficient (Wildman–Crippen LogP) is 0.549. The van der Waals surface area contributed by atoms with Gasteiger partial charge in [-0.3, -0.25) is 4.79 Å². The highest BCUT2D eigenvalue weighted by Gasteiger charge is 2.50. The summed E-state index contributed by atoms with van der Waals surface area (Å²) >= 11 is 0. The van der Waals surface area contributed by atoms with Gasteiger partial charge in [0.25, 0.3) is 0 Å². The standard InChI is InChI=1S/C9H15NO2/c1-12-8(11)7-5-10-6-9(7)3-2-4-9/h7,10H,2-6H2,1H3/t7-/m0/s1. The summed E-state index contributed by atoms with van der Waals surface area (Å²) in [6.07, 6.45) is 3.66. The molecule has 1 heterocycles. The summed E-state index contributed by atoms with van der Waals surface area (Å²) in [5.74, 6) is 0.0935. The van der Waals surface area contributed by atoms with Gasteiger partial charge in [-0.1, -0.05) is 6.42 Å². The van der Waals surface area contributed by atoms with Crippen molar-refractivity contribution in [2.45, 2.75) is 19.3 Å². The third-order valence-corrected chi connectivity index (χ3v) is 3.40. The Bertz CT molecular complexity index is 199. The van der Waals surface area contributed by atoms with Gasteiger partial charge in [0, 0.05) is 13.1 Å². The summed E-state index contributed by atoms with van der Waals surface area (Å²) in [6, 6.07) is 0. The fourth-order valence-electron chi connectivity index (χ4n) is 2.44. The maximum absolute atomic E-state index is 11.4. The third-order valence-electron chi connectivity index (χ3n) is 3.40. The molecule has 68 valence electrons. The summed E-state index contributed by atoms with van der Waals surface area (Å²) in [7, 11) is 1.48. The lowest BCUT2D eigenvalue weighted by Crippen LogP contribution is -2.41. The second kappa shape index (κ2) is 2.73. The van der Waals surface area contributed by atoms with Gasteiger partial charge in [0.1, 0.15) is 0 Å². The molecule has 12 heavy (non-hydrogen) atoms. The predicted molar refractivity (Wildman–Crippen MR) is 44.7 cm³/mol. The molecule has 1 atom stereocenters. The van der Waals surface area contributed by atoms with E-state index in [0.717, 1.165) is 13.1 Å². The van der Waals surface area contributed by atoms with Gasteiger partial charge in [0.15, 0.2) is 0 Å². The zero-order valence-corrected chi connectivity index (χ0v) is 7.43. The Hall–Kier alpha value is -0.570. The molecule has 1 aliphatic carbocycles. The molecule has 0 amide bonds. The summed E-state index contributed by atoms with van der Waals surface area (Å²) in [4.78, 5) is 11.4. The summed E-state index contributed by atoms with van der Waals surface area (Å²) in [5, 5.41) is 3.28. The van der Waals surface area contributed by atoms with Gasteiger partial charge in [-0.05, 0) is 18.3 Å². The smallest absolute Gasteiger partial charge is 0.310 e. The first-order chi connectivity index (χ1) is 5.78. The van der Waals surface area contributed by atoms with Crippen LogP contribution in [0.15, 0.2) is 0 Å². The first-order valence-electron chi connectivity index (χ1n) is 4.57. The number of hydrogen-bond acceptors (Lipinski definition) is 3. The van der Waals surface area contributed by atoms with E-state index >= 15 is 0 Å². The van der Waals surface area contributed by atoms with Crippen LogP contribution < -0.4 is 5.32 Å². The number of carbonyl (C=O) groups is 1. The highest BCUT2D eigenvalue weighted by Crippen LogP contribution is 2.49. The summed E-state index contributed by atoms with van der Waals surface area (Å²) < 4.78 is 4.79. The molecule has 2 rings (SSSR count). The van der Waals surface area contributed by atoms with Crippen molar-refractivity contribution in [3.05, 3.63) is 0 Å². The van der Waals surface area contributed by atoms with Crippen molar-refractivity contribution >= 4 is 5.97 Å². The molecule has 0 bridgehead atoms. The second-order valence-corrected chi connectivity index (χ2v) is 3.92. The molecule has 1 spiro atoms. The van der Waals surface area contributed by atoms with E-state index in [-0.39, 0.29) is 17.3 Å². The van der Waals surface area contributed by atoms with Gasteiger partial charge >= 0.3 is 5.97 Å². The minimum atomic E-state index is -0.0281. The zero-order chi connectivity index (χ0) is 8.60. The molecule has 2 aliphatic rings. The summed E-state index contributed by atoms with van der Waals surface area (Å²) in [6.45, 7) is 1.82. The molecule has 3 nitrogen and oxygen atoms in total. The van der Waals surface area contributed by atoms with E-state index in [0.29, 0.717) is 0 Å². The highest BCUT2D eigenvalue weighted by molar-refractivity contribution is 5.74. The van der Waals surface area contributed by atoms with Crippen molar-refractivity contribution in [1.82, 2.24) is 5.32 Å². The first-order valence-corrected chi connectivity index (χ1v) is 4.57. The number of ether oxygens (including phenoxy) is 1. The lowest BCUT2D eigenvalue weighted by Gasteiger charge is -2.41. The van der Waals surface area contributed by atoms with Gasteiger partial charge in [-0.25, -0.2) is 0 Å². The number of esters is 1. The quantitative estimate of drug-likeness (QED) is 0.582. The lowest BCUT2D eigenvalue weighted by atomic mass is 9.63. The molecule has 0 unspecified atom stereocenters. The monoisotopic (exact) mass is 169 g/mol. The number of hydrogen-bond donors (Lipinski definition) is 1. The molecule has 3 heteroatoms. The van der Waals surface area contributed by atoms with Gasteiger partial charge in [-0.15, -0.1) is 0 Å². The Morgan fingerprint density at radius 3 is 2.83 bits per heavy atom. The van der Waals surface area contributed by atoms with Crippen LogP contribution in [0.25, 0.3) is 0 Å². The van der Waals surface area contributed by atoms with Crippen LogP contribution in [-0.2, 0) is 9.53 Å². The fourth-order valence-corrected chi connectivity index (χ4v) is 2.44. The Morgan fingerprint density at radius 2 is 2.33 bits per heavy atom. The molecule has 1 aliphatic heterocycles. The molecular formula is C9H15NO2. The second-order valence-electron chi connectivity index (χ2n) is 3.92.